The molecule has 2 N–H and O–H groups in total. The molecule has 1 heterocycles. The Bertz CT molecular complexity index is 505. The summed E-state index contributed by atoms with van der Waals surface area (Å²) in [6.45, 7) is 3.53. The molecule has 0 unspecified atom stereocenters. The molecule has 0 aliphatic carbocycles. The molecule has 2 aromatic rings. The van der Waals surface area contributed by atoms with Gasteiger partial charge in [0.15, 0.2) is 0 Å². The Kier molecular flexibility index (Phi) is 3.95. The van der Waals surface area contributed by atoms with Gasteiger partial charge in [-0.2, -0.15) is 0 Å². The lowest BCUT2D eigenvalue weighted by molar-refractivity contribution is 0.886. The molecule has 94 valence electrons. The molecule has 3 heteroatoms. The van der Waals surface area contributed by atoms with Crippen molar-refractivity contribution < 1.29 is 0 Å². The van der Waals surface area contributed by atoms with Crippen LogP contribution in [-0.2, 0) is 13.1 Å². The van der Waals surface area contributed by atoms with E-state index >= 15 is 0 Å². The van der Waals surface area contributed by atoms with Crippen LogP contribution >= 0.6 is 0 Å². The zero-order chi connectivity index (χ0) is 13.0. The topological polar surface area (TPSA) is 42.1 Å². The smallest absolute Gasteiger partial charge is 0.128 e. The number of aryl methyl sites for hydroxylation is 1. The van der Waals surface area contributed by atoms with E-state index in [0.717, 1.165) is 17.9 Å². The van der Waals surface area contributed by atoms with Gasteiger partial charge in [0.1, 0.15) is 5.82 Å². The second-order valence-electron chi connectivity index (χ2n) is 4.51. The minimum Gasteiger partial charge on any atom is -0.355 e. The second-order valence-corrected chi connectivity index (χ2v) is 4.51. The maximum Gasteiger partial charge on any atom is 0.128 e. The number of anilines is 1. The fraction of sp³-hybridized carbons (Fsp3) is 0.267. The number of benzene rings is 1. The molecule has 0 bridgehead atoms. The van der Waals surface area contributed by atoms with Gasteiger partial charge in [-0.3, -0.25) is 0 Å². The van der Waals surface area contributed by atoms with E-state index in [1.165, 1.54) is 11.1 Å². The van der Waals surface area contributed by atoms with Crippen molar-refractivity contribution in [2.75, 3.05) is 11.9 Å². The lowest BCUT2D eigenvalue weighted by atomic mass is 10.1. The first kappa shape index (κ1) is 12.6. The number of nitrogens with two attached hydrogens (primary N) is 1. The van der Waals surface area contributed by atoms with Crippen LogP contribution in [0.1, 0.15) is 16.7 Å². The molecule has 0 saturated carbocycles. The van der Waals surface area contributed by atoms with Crippen LogP contribution in [0.5, 0.6) is 0 Å². The van der Waals surface area contributed by atoms with Gasteiger partial charge >= 0.3 is 0 Å². The van der Waals surface area contributed by atoms with Gasteiger partial charge in [-0.15, -0.1) is 0 Å². The zero-order valence-electron chi connectivity index (χ0n) is 10.9. The van der Waals surface area contributed by atoms with E-state index in [1.807, 2.05) is 18.3 Å². The molecule has 0 radical (unpaired) electrons. The van der Waals surface area contributed by atoms with Crippen LogP contribution in [0.2, 0.25) is 0 Å². The first-order valence-corrected chi connectivity index (χ1v) is 6.11. The number of pyridine rings is 1. The van der Waals surface area contributed by atoms with Crippen LogP contribution in [0.15, 0.2) is 42.6 Å². The van der Waals surface area contributed by atoms with Gasteiger partial charge in [-0.25, -0.2) is 4.98 Å². The molecule has 0 aliphatic rings. The maximum absolute atomic E-state index is 5.57. The molecule has 0 spiro atoms. The molecule has 1 aromatic heterocycles. The molecule has 0 amide bonds. The zero-order valence-corrected chi connectivity index (χ0v) is 10.9. The van der Waals surface area contributed by atoms with Gasteiger partial charge < -0.3 is 10.6 Å². The highest BCUT2D eigenvalue weighted by Crippen LogP contribution is 2.15. The molecule has 0 aliphatic heterocycles. The summed E-state index contributed by atoms with van der Waals surface area (Å²) in [5, 5.41) is 0. The van der Waals surface area contributed by atoms with Crippen LogP contribution in [0.25, 0.3) is 0 Å². The van der Waals surface area contributed by atoms with Crippen molar-refractivity contribution >= 4 is 5.82 Å². The van der Waals surface area contributed by atoms with Crippen molar-refractivity contribution in [3.05, 3.63) is 59.3 Å². The molecule has 0 atom stereocenters. The van der Waals surface area contributed by atoms with Crippen LogP contribution in [0.3, 0.4) is 0 Å². The highest BCUT2D eigenvalue weighted by atomic mass is 15.2. The summed E-state index contributed by atoms with van der Waals surface area (Å²) < 4.78 is 0. The Balaban J connectivity index is 2.11. The van der Waals surface area contributed by atoms with E-state index in [9.17, 15) is 0 Å². The molecule has 18 heavy (non-hydrogen) atoms. The van der Waals surface area contributed by atoms with E-state index in [-0.39, 0.29) is 0 Å². The average molecular weight is 241 g/mol. The van der Waals surface area contributed by atoms with Gasteiger partial charge in [-0.1, -0.05) is 30.3 Å². The summed E-state index contributed by atoms with van der Waals surface area (Å²) in [6, 6.07) is 12.5. The third-order valence-electron chi connectivity index (χ3n) is 3.10. The van der Waals surface area contributed by atoms with Crippen LogP contribution in [0, 0.1) is 6.92 Å². The van der Waals surface area contributed by atoms with Gasteiger partial charge in [-0.05, 0) is 29.7 Å². The molecular formula is C15H19N3. The summed E-state index contributed by atoms with van der Waals surface area (Å²) in [4.78, 5) is 6.56. The van der Waals surface area contributed by atoms with E-state index in [4.69, 9.17) is 5.73 Å². The summed E-state index contributed by atoms with van der Waals surface area (Å²) in [5.74, 6) is 0.968. The first-order chi connectivity index (χ1) is 8.70. The monoisotopic (exact) mass is 241 g/mol. The van der Waals surface area contributed by atoms with Crippen LogP contribution < -0.4 is 10.6 Å². The summed E-state index contributed by atoms with van der Waals surface area (Å²) in [5.41, 5.74) is 9.26. The number of nitrogens with zero attached hydrogens (tertiary/aromatic N) is 2. The Hall–Kier alpha value is -1.87. The number of hydrogen-bond donors (Lipinski definition) is 1. The minimum absolute atomic E-state index is 0.536. The first-order valence-electron chi connectivity index (χ1n) is 6.11. The maximum atomic E-state index is 5.57. The van der Waals surface area contributed by atoms with Crippen molar-refractivity contribution in [2.24, 2.45) is 5.73 Å². The van der Waals surface area contributed by atoms with Crippen molar-refractivity contribution in [3.63, 3.8) is 0 Å². The molecular weight excluding hydrogens is 222 g/mol. The van der Waals surface area contributed by atoms with E-state index in [0.29, 0.717) is 6.54 Å². The highest BCUT2D eigenvalue weighted by Gasteiger charge is 2.05. The Labute approximate surface area is 108 Å². The van der Waals surface area contributed by atoms with Gasteiger partial charge in [0.25, 0.3) is 0 Å². The Morgan fingerprint density at radius 2 is 1.94 bits per heavy atom. The molecule has 2 rings (SSSR count). The molecule has 0 saturated heterocycles. The third kappa shape index (κ3) is 2.87. The normalized spacial score (nSPS) is 10.4. The van der Waals surface area contributed by atoms with Gasteiger partial charge in [0.2, 0.25) is 0 Å². The fourth-order valence-electron chi connectivity index (χ4n) is 1.89. The Morgan fingerprint density at radius 3 is 2.56 bits per heavy atom. The minimum atomic E-state index is 0.536. The van der Waals surface area contributed by atoms with Crippen LogP contribution in [0.4, 0.5) is 5.82 Å². The van der Waals surface area contributed by atoms with E-state index < -0.39 is 0 Å². The van der Waals surface area contributed by atoms with E-state index in [2.05, 4.69) is 48.1 Å². The van der Waals surface area contributed by atoms with Crippen LogP contribution in [-0.4, -0.2) is 12.0 Å². The highest BCUT2D eigenvalue weighted by molar-refractivity contribution is 5.40. The lowest BCUT2D eigenvalue weighted by Crippen LogP contribution is -2.18. The summed E-state index contributed by atoms with van der Waals surface area (Å²) in [7, 11) is 2.05. The fourth-order valence-corrected chi connectivity index (χ4v) is 1.89. The third-order valence-corrected chi connectivity index (χ3v) is 3.10. The molecule has 3 nitrogen and oxygen atoms in total. The van der Waals surface area contributed by atoms with E-state index in [1.54, 1.807) is 0 Å². The SMILES string of the molecule is Cc1ccccc1CN(C)c1ccc(CN)cn1. The lowest BCUT2D eigenvalue weighted by Gasteiger charge is -2.19. The van der Waals surface area contributed by atoms with Gasteiger partial charge in [0.05, 0.1) is 0 Å². The molecule has 0 fully saturated rings. The number of aromatic nitrogens is 1. The predicted molar refractivity (Wildman–Crippen MR) is 75.4 cm³/mol. The summed E-state index contributed by atoms with van der Waals surface area (Å²) in [6.07, 6.45) is 1.84. The second kappa shape index (κ2) is 5.65. The number of rotatable bonds is 4. The molecule has 1 aromatic carbocycles. The quantitative estimate of drug-likeness (QED) is 0.894. The summed E-state index contributed by atoms with van der Waals surface area (Å²) >= 11 is 0. The largest absolute Gasteiger partial charge is 0.355 e. The van der Waals surface area contributed by atoms with Crippen molar-refractivity contribution in [3.8, 4) is 0 Å². The Morgan fingerprint density at radius 1 is 1.17 bits per heavy atom. The predicted octanol–water partition coefficient (Wildman–Crippen LogP) is 2.49. The van der Waals surface area contributed by atoms with Gasteiger partial charge in [0, 0.05) is 26.3 Å². The number of hydrogen-bond acceptors (Lipinski definition) is 3. The standard InChI is InChI=1S/C15H19N3/c1-12-5-3-4-6-14(12)11-18(2)15-8-7-13(9-16)10-17-15/h3-8,10H,9,11,16H2,1-2H3. The van der Waals surface area contributed by atoms with Crippen molar-refractivity contribution in [2.45, 2.75) is 20.0 Å². The van der Waals surface area contributed by atoms with Crippen molar-refractivity contribution in [1.29, 1.82) is 0 Å². The average Bonchev–Trinajstić information content (AvgIpc) is 2.41. The van der Waals surface area contributed by atoms with Crippen molar-refractivity contribution in [1.82, 2.24) is 4.98 Å².